The first kappa shape index (κ1) is 30.2. The highest BCUT2D eigenvalue weighted by Crippen LogP contribution is 2.43. The van der Waals surface area contributed by atoms with Gasteiger partial charge in [0.2, 0.25) is 0 Å². The Kier molecular flexibility index (Phi) is 7.33. The molecule has 10 rings (SSSR count). The fourth-order valence-corrected chi connectivity index (χ4v) is 8.38. The van der Waals surface area contributed by atoms with E-state index >= 15 is 0 Å². The van der Waals surface area contributed by atoms with E-state index in [-0.39, 0.29) is 0 Å². The van der Waals surface area contributed by atoms with Crippen LogP contribution in [0.4, 0.5) is 28.4 Å². The number of fused-ring (bicyclic) bond motifs is 6. The van der Waals surface area contributed by atoms with Crippen molar-refractivity contribution in [2.75, 3.05) is 10.2 Å². The molecule has 0 saturated heterocycles. The summed E-state index contributed by atoms with van der Waals surface area (Å²) in [6.07, 6.45) is 0. The quantitative estimate of drug-likeness (QED) is 0.181. The fourth-order valence-electron chi connectivity index (χ4n) is 7.31. The van der Waals surface area contributed by atoms with Crippen molar-refractivity contribution in [2.24, 2.45) is 0 Å². The summed E-state index contributed by atoms with van der Waals surface area (Å²) in [4.78, 5) is 2.38. The van der Waals surface area contributed by atoms with Gasteiger partial charge in [-0.25, -0.2) is 0 Å². The van der Waals surface area contributed by atoms with E-state index in [1.54, 1.807) is 0 Å². The van der Waals surface area contributed by atoms with Gasteiger partial charge in [0.15, 0.2) is 0 Å². The molecule has 0 spiro atoms. The second-order valence-electron chi connectivity index (χ2n) is 13.1. The van der Waals surface area contributed by atoms with Crippen molar-refractivity contribution in [3.8, 4) is 22.3 Å². The molecule has 0 bridgehead atoms. The Labute approximate surface area is 305 Å². The lowest BCUT2D eigenvalue weighted by Crippen LogP contribution is -2.10. The van der Waals surface area contributed by atoms with Crippen LogP contribution in [-0.2, 0) is 0 Å². The Morgan fingerprint density at radius 3 is 1.62 bits per heavy atom. The molecule has 0 aliphatic carbocycles. The van der Waals surface area contributed by atoms with E-state index < -0.39 is 0 Å². The smallest absolute Gasteiger partial charge is 0.137 e. The van der Waals surface area contributed by atoms with Gasteiger partial charge in [0.05, 0.1) is 0 Å². The normalized spacial score (nSPS) is 11.5. The second kappa shape index (κ2) is 12.6. The summed E-state index contributed by atoms with van der Waals surface area (Å²) in [5, 5.41) is 8.38. The number of nitrogens with one attached hydrogen (secondary N) is 1. The van der Waals surface area contributed by atoms with Crippen molar-refractivity contribution >= 4 is 81.9 Å². The van der Waals surface area contributed by atoms with E-state index in [0.717, 1.165) is 50.4 Å². The van der Waals surface area contributed by atoms with Crippen molar-refractivity contribution < 1.29 is 4.42 Å². The molecule has 4 heteroatoms. The van der Waals surface area contributed by atoms with Gasteiger partial charge >= 0.3 is 0 Å². The van der Waals surface area contributed by atoms with Gasteiger partial charge in [-0.1, -0.05) is 103 Å². The molecule has 0 saturated carbocycles. The third-order valence-electron chi connectivity index (χ3n) is 9.80. The minimum absolute atomic E-state index is 0.880. The number of rotatable bonds is 7. The molecule has 0 radical (unpaired) electrons. The van der Waals surface area contributed by atoms with Crippen molar-refractivity contribution in [3.05, 3.63) is 188 Å². The first-order chi connectivity index (χ1) is 25.7. The van der Waals surface area contributed by atoms with Crippen LogP contribution in [0.2, 0.25) is 0 Å². The SMILES string of the molecule is c1ccc(-c2cccc(N(c3cccc(-c4ccccc4)c3)c3ccc4sc5ccc(Nc6ccc7c(c6)oc6ccccc67)cc5c4c3)c2)cc1. The highest BCUT2D eigenvalue weighted by molar-refractivity contribution is 7.25. The van der Waals surface area contributed by atoms with Gasteiger partial charge in [0, 0.05) is 65.4 Å². The molecule has 246 valence electrons. The zero-order valence-corrected chi connectivity index (χ0v) is 29.0. The highest BCUT2D eigenvalue weighted by Gasteiger charge is 2.17. The Balaban J connectivity index is 1.08. The van der Waals surface area contributed by atoms with Crippen molar-refractivity contribution in [2.45, 2.75) is 0 Å². The molecule has 0 aliphatic rings. The van der Waals surface area contributed by atoms with Crippen LogP contribution in [0.1, 0.15) is 0 Å². The summed E-state index contributed by atoms with van der Waals surface area (Å²) in [5.41, 5.74) is 11.9. The van der Waals surface area contributed by atoms with Gasteiger partial charge < -0.3 is 14.6 Å². The molecule has 3 nitrogen and oxygen atoms in total. The molecule has 0 aliphatic heterocycles. The number of hydrogen-bond acceptors (Lipinski definition) is 4. The number of nitrogens with zero attached hydrogens (tertiary/aromatic N) is 1. The lowest BCUT2D eigenvalue weighted by molar-refractivity contribution is 0.669. The lowest BCUT2D eigenvalue weighted by Gasteiger charge is -2.27. The maximum atomic E-state index is 6.18. The summed E-state index contributed by atoms with van der Waals surface area (Å²) in [6.45, 7) is 0. The monoisotopic (exact) mass is 684 g/mol. The number of furan rings is 1. The van der Waals surface area contributed by atoms with Gasteiger partial charge in [0.25, 0.3) is 0 Å². The van der Waals surface area contributed by atoms with Gasteiger partial charge in [0.1, 0.15) is 11.2 Å². The topological polar surface area (TPSA) is 28.4 Å². The zero-order chi connectivity index (χ0) is 34.4. The van der Waals surface area contributed by atoms with Crippen LogP contribution in [0.15, 0.2) is 192 Å². The summed E-state index contributed by atoms with van der Waals surface area (Å²) in [7, 11) is 0. The molecule has 2 aromatic heterocycles. The standard InChI is InChI=1S/C48H32N2OS/c1-3-11-32(12-4-1)34-15-9-17-38(27-34)50(39-18-10-16-35(28-39)33-13-5-2-6-14-33)40-23-26-48-44(31-40)43-29-36(22-25-47(43)52-48)49-37-21-24-42-41-19-7-8-20-45(41)51-46(42)30-37/h1-31,49H. The molecule has 0 fully saturated rings. The van der Waals surface area contributed by atoms with E-state index in [0.29, 0.717) is 0 Å². The van der Waals surface area contributed by atoms with E-state index in [1.165, 1.54) is 42.4 Å². The number of thiophene rings is 1. The van der Waals surface area contributed by atoms with Gasteiger partial charge in [-0.05, 0) is 101 Å². The average molecular weight is 685 g/mol. The van der Waals surface area contributed by atoms with Crippen molar-refractivity contribution in [1.29, 1.82) is 0 Å². The summed E-state index contributed by atoms with van der Waals surface area (Å²) in [5.74, 6) is 0. The average Bonchev–Trinajstić information content (AvgIpc) is 3.76. The maximum absolute atomic E-state index is 6.18. The Bertz CT molecular complexity index is 2810. The van der Waals surface area contributed by atoms with Crippen molar-refractivity contribution in [3.63, 3.8) is 0 Å². The number of benzene rings is 8. The largest absolute Gasteiger partial charge is 0.456 e. The molecular weight excluding hydrogens is 653 g/mol. The molecule has 52 heavy (non-hydrogen) atoms. The number of hydrogen-bond donors (Lipinski definition) is 1. The Morgan fingerprint density at radius 2 is 0.904 bits per heavy atom. The van der Waals surface area contributed by atoms with Crippen LogP contribution < -0.4 is 10.2 Å². The van der Waals surface area contributed by atoms with Crippen LogP contribution in [-0.4, -0.2) is 0 Å². The van der Waals surface area contributed by atoms with Crippen LogP contribution in [0.5, 0.6) is 0 Å². The minimum Gasteiger partial charge on any atom is -0.456 e. The molecular formula is C48H32N2OS. The summed E-state index contributed by atoms with van der Waals surface area (Å²) in [6, 6.07) is 67.0. The predicted molar refractivity (Wildman–Crippen MR) is 222 cm³/mol. The fraction of sp³-hybridized carbons (Fsp3) is 0. The summed E-state index contributed by atoms with van der Waals surface area (Å²) < 4.78 is 8.69. The van der Waals surface area contributed by atoms with E-state index in [4.69, 9.17) is 4.42 Å². The Morgan fingerprint density at radius 1 is 0.365 bits per heavy atom. The molecule has 0 unspecified atom stereocenters. The number of anilines is 5. The molecule has 0 amide bonds. The molecule has 1 N–H and O–H groups in total. The predicted octanol–water partition coefficient (Wildman–Crippen LogP) is 14.5. The van der Waals surface area contributed by atoms with Gasteiger partial charge in [-0.3, -0.25) is 0 Å². The van der Waals surface area contributed by atoms with Crippen molar-refractivity contribution in [1.82, 2.24) is 0 Å². The highest BCUT2D eigenvalue weighted by atomic mass is 32.1. The van der Waals surface area contributed by atoms with E-state index in [9.17, 15) is 0 Å². The van der Waals surface area contributed by atoms with Crippen LogP contribution in [0.25, 0.3) is 64.4 Å². The van der Waals surface area contributed by atoms with Gasteiger partial charge in [-0.2, -0.15) is 0 Å². The first-order valence-corrected chi connectivity index (χ1v) is 18.3. The zero-order valence-electron chi connectivity index (χ0n) is 28.2. The summed E-state index contributed by atoms with van der Waals surface area (Å²) >= 11 is 1.83. The first-order valence-electron chi connectivity index (χ1n) is 17.5. The van der Waals surface area contributed by atoms with Crippen LogP contribution in [0.3, 0.4) is 0 Å². The Hall–Kier alpha value is -6.62. The maximum Gasteiger partial charge on any atom is 0.137 e. The molecule has 2 heterocycles. The van der Waals surface area contributed by atoms with E-state index in [1.807, 2.05) is 23.5 Å². The third-order valence-corrected chi connectivity index (χ3v) is 11.0. The molecule has 8 aromatic carbocycles. The number of para-hydroxylation sites is 1. The lowest BCUT2D eigenvalue weighted by atomic mass is 10.0. The van der Waals surface area contributed by atoms with Crippen LogP contribution >= 0.6 is 11.3 Å². The van der Waals surface area contributed by atoms with E-state index in [2.05, 4.69) is 186 Å². The third kappa shape index (κ3) is 5.47. The second-order valence-corrected chi connectivity index (χ2v) is 14.2. The minimum atomic E-state index is 0.880. The molecule has 10 aromatic rings. The molecule has 0 atom stereocenters. The van der Waals surface area contributed by atoms with Gasteiger partial charge in [-0.15, -0.1) is 11.3 Å². The van der Waals surface area contributed by atoms with Crippen LogP contribution in [0, 0.1) is 0 Å².